The second-order valence-corrected chi connectivity index (χ2v) is 8.32. The van der Waals surface area contributed by atoms with Crippen LogP contribution in [0.3, 0.4) is 0 Å². The number of anilines is 1. The van der Waals surface area contributed by atoms with Crippen molar-refractivity contribution in [1.82, 2.24) is 14.9 Å². The molecule has 0 atom stereocenters. The molecule has 33 heavy (non-hydrogen) atoms. The van der Waals surface area contributed by atoms with Gasteiger partial charge < -0.3 is 10.6 Å². The SMILES string of the molecule is CC(=O)c1ccc(NC(=O)Cn2c(=O)c(CCC(=O)NCC(C)C)nc3ccccc32)cc1. The highest BCUT2D eigenvalue weighted by Gasteiger charge is 2.15. The maximum atomic E-state index is 13.1. The van der Waals surface area contributed by atoms with E-state index in [1.165, 1.54) is 11.5 Å². The van der Waals surface area contributed by atoms with Gasteiger partial charge in [0.05, 0.1) is 11.0 Å². The van der Waals surface area contributed by atoms with E-state index >= 15 is 0 Å². The number of para-hydroxylation sites is 2. The Bertz CT molecular complexity index is 1230. The van der Waals surface area contributed by atoms with Crippen LogP contribution in [0.5, 0.6) is 0 Å². The fraction of sp³-hybridized carbons (Fsp3) is 0.320. The van der Waals surface area contributed by atoms with E-state index in [0.717, 1.165) is 0 Å². The van der Waals surface area contributed by atoms with E-state index in [1.807, 2.05) is 13.8 Å². The van der Waals surface area contributed by atoms with Crippen LogP contribution in [0.2, 0.25) is 0 Å². The van der Waals surface area contributed by atoms with E-state index in [4.69, 9.17) is 0 Å². The average molecular weight is 449 g/mol. The highest BCUT2D eigenvalue weighted by atomic mass is 16.2. The first kappa shape index (κ1) is 23.8. The van der Waals surface area contributed by atoms with Gasteiger partial charge in [0, 0.05) is 30.6 Å². The second-order valence-electron chi connectivity index (χ2n) is 8.32. The number of ketones is 1. The van der Waals surface area contributed by atoms with Crippen LogP contribution in [0.4, 0.5) is 5.69 Å². The Morgan fingerprint density at radius 2 is 1.70 bits per heavy atom. The third kappa shape index (κ3) is 6.35. The van der Waals surface area contributed by atoms with Gasteiger partial charge in [0.2, 0.25) is 11.8 Å². The molecule has 0 bridgehead atoms. The lowest BCUT2D eigenvalue weighted by Gasteiger charge is -2.13. The number of nitrogens with one attached hydrogen (secondary N) is 2. The molecule has 1 heterocycles. The molecule has 1 aromatic heterocycles. The number of rotatable bonds is 9. The van der Waals surface area contributed by atoms with Crippen LogP contribution in [0.1, 0.15) is 43.2 Å². The minimum atomic E-state index is -0.396. The minimum absolute atomic E-state index is 0.0619. The van der Waals surface area contributed by atoms with E-state index in [9.17, 15) is 19.2 Å². The molecular formula is C25H28N4O4. The summed E-state index contributed by atoms with van der Waals surface area (Å²) in [6.07, 6.45) is 0.323. The van der Waals surface area contributed by atoms with Gasteiger partial charge in [-0.25, -0.2) is 4.98 Å². The van der Waals surface area contributed by atoms with Crippen molar-refractivity contribution in [2.45, 2.75) is 40.2 Å². The summed E-state index contributed by atoms with van der Waals surface area (Å²) < 4.78 is 1.38. The number of amides is 2. The summed E-state index contributed by atoms with van der Waals surface area (Å²) in [6.45, 7) is 5.85. The molecule has 2 N–H and O–H groups in total. The van der Waals surface area contributed by atoms with E-state index in [1.54, 1.807) is 48.5 Å². The zero-order chi connectivity index (χ0) is 24.0. The smallest absolute Gasteiger partial charge is 0.273 e. The number of carbonyl (C=O) groups excluding carboxylic acids is 3. The Kier molecular flexibility index (Phi) is 7.71. The molecule has 8 nitrogen and oxygen atoms in total. The number of aryl methyl sites for hydroxylation is 1. The molecule has 2 aromatic carbocycles. The summed E-state index contributed by atoms with van der Waals surface area (Å²) in [6, 6.07) is 13.6. The predicted molar refractivity (Wildman–Crippen MR) is 127 cm³/mol. The molecule has 3 aromatic rings. The van der Waals surface area contributed by atoms with Crippen LogP contribution in [0, 0.1) is 5.92 Å². The predicted octanol–water partition coefficient (Wildman–Crippen LogP) is 2.94. The third-order valence-electron chi connectivity index (χ3n) is 5.09. The van der Waals surface area contributed by atoms with Crippen molar-refractivity contribution in [3.05, 3.63) is 70.1 Å². The van der Waals surface area contributed by atoms with Gasteiger partial charge in [-0.15, -0.1) is 0 Å². The van der Waals surface area contributed by atoms with Crippen molar-refractivity contribution in [1.29, 1.82) is 0 Å². The van der Waals surface area contributed by atoms with Gasteiger partial charge >= 0.3 is 0 Å². The Hall–Kier alpha value is -3.81. The molecule has 0 saturated carbocycles. The summed E-state index contributed by atoms with van der Waals surface area (Å²) in [4.78, 5) is 53.8. The summed E-state index contributed by atoms with van der Waals surface area (Å²) in [5.74, 6) is -0.253. The van der Waals surface area contributed by atoms with Gasteiger partial charge in [0.25, 0.3) is 5.56 Å². The van der Waals surface area contributed by atoms with Crippen molar-refractivity contribution in [3.8, 4) is 0 Å². The third-order valence-corrected chi connectivity index (χ3v) is 5.09. The summed E-state index contributed by atoms with van der Waals surface area (Å²) in [5, 5.41) is 5.58. The highest BCUT2D eigenvalue weighted by molar-refractivity contribution is 5.95. The van der Waals surface area contributed by atoms with Crippen molar-refractivity contribution in [2.75, 3.05) is 11.9 Å². The Balaban J connectivity index is 1.80. The Labute approximate surface area is 192 Å². The molecular weight excluding hydrogens is 420 g/mol. The number of aromatic nitrogens is 2. The summed E-state index contributed by atoms with van der Waals surface area (Å²) in [7, 11) is 0. The molecule has 3 rings (SSSR count). The lowest BCUT2D eigenvalue weighted by atomic mass is 10.1. The molecule has 2 amide bonds. The van der Waals surface area contributed by atoms with Crippen molar-refractivity contribution < 1.29 is 14.4 Å². The van der Waals surface area contributed by atoms with E-state index in [-0.39, 0.29) is 42.7 Å². The number of fused-ring (bicyclic) bond motifs is 1. The average Bonchev–Trinajstić information content (AvgIpc) is 2.78. The fourth-order valence-electron chi connectivity index (χ4n) is 3.34. The normalized spacial score (nSPS) is 10.9. The second kappa shape index (κ2) is 10.7. The first-order valence-corrected chi connectivity index (χ1v) is 10.9. The monoisotopic (exact) mass is 448 g/mol. The quantitative estimate of drug-likeness (QED) is 0.489. The molecule has 0 radical (unpaired) electrons. The molecule has 0 unspecified atom stereocenters. The maximum absolute atomic E-state index is 13.1. The zero-order valence-electron chi connectivity index (χ0n) is 19.1. The van der Waals surface area contributed by atoms with Crippen LogP contribution in [0.25, 0.3) is 11.0 Å². The van der Waals surface area contributed by atoms with Gasteiger partial charge in [0.15, 0.2) is 5.78 Å². The summed E-state index contributed by atoms with van der Waals surface area (Å²) >= 11 is 0. The largest absolute Gasteiger partial charge is 0.356 e. The number of hydrogen-bond donors (Lipinski definition) is 2. The maximum Gasteiger partial charge on any atom is 0.273 e. The topological polar surface area (TPSA) is 110 Å². The highest BCUT2D eigenvalue weighted by Crippen LogP contribution is 2.13. The number of hydrogen-bond acceptors (Lipinski definition) is 5. The van der Waals surface area contributed by atoms with E-state index in [0.29, 0.717) is 34.7 Å². The standard InChI is InChI=1S/C25H28N4O4/c1-16(2)14-26-23(31)13-12-21-25(33)29(22-7-5-4-6-20(22)28-21)15-24(32)27-19-10-8-18(9-11-19)17(3)30/h4-11,16H,12-15H2,1-3H3,(H,26,31)(H,27,32). The molecule has 0 saturated heterocycles. The van der Waals surface area contributed by atoms with Crippen LogP contribution in [0.15, 0.2) is 53.3 Å². The number of carbonyl (C=O) groups is 3. The number of Topliss-reactive ketones (excluding diaryl/α,β-unsaturated/α-hetero) is 1. The first-order valence-electron chi connectivity index (χ1n) is 10.9. The molecule has 0 aliphatic heterocycles. The van der Waals surface area contributed by atoms with Crippen LogP contribution in [-0.4, -0.2) is 33.7 Å². The van der Waals surface area contributed by atoms with Gasteiger partial charge in [-0.3, -0.25) is 23.7 Å². The van der Waals surface area contributed by atoms with Gasteiger partial charge in [-0.2, -0.15) is 0 Å². The molecule has 0 spiro atoms. The van der Waals surface area contributed by atoms with Gasteiger partial charge in [0.1, 0.15) is 12.2 Å². The molecule has 0 aliphatic rings. The van der Waals surface area contributed by atoms with Gasteiger partial charge in [-0.05, 0) is 49.2 Å². The first-order chi connectivity index (χ1) is 15.7. The Morgan fingerprint density at radius 3 is 2.36 bits per heavy atom. The van der Waals surface area contributed by atoms with Crippen LogP contribution < -0.4 is 16.2 Å². The number of nitrogens with zero attached hydrogens (tertiary/aromatic N) is 2. The molecule has 0 aliphatic carbocycles. The van der Waals surface area contributed by atoms with Crippen molar-refractivity contribution >= 4 is 34.3 Å². The number of benzene rings is 2. The molecule has 8 heteroatoms. The summed E-state index contributed by atoms with van der Waals surface area (Å²) in [5.41, 5.74) is 2.04. The lowest BCUT2D eigenvalue weighted by molar-refractivity contribution is -0.121. The van der Waals surface area contributed by atoms with Crippen molar-refractivity contribution in [2.24, 2.45) is 5.92 Å². The Morgan fingerprint density at radius 1 is 1.00 bits per heavy atom. The molecule has 0 fully saturated rings. The van der Waals surface area contributed by atoms with Crippen molar-refractivity contribution in [3.63, 3.8) is 0 Å². The minimum Gasteiger partial charge on any atom is -0.356 e. The zero-order valence-corrected chi connectivity index (χ0v) is 19.1. The van der Waals surface area contributed by atoms with E-state index < -0.39 is 5.56 Å². The lowest BCUT2D eigenvalue weighted by Crippen LogP contribution is -2.32. The van der Waals surface area contributed by atoms with Crippen LogP contribution in [-0.2, 0) is 22.6 Å². The van der Waals surface area contributed by atoms with Crippen LogP contribution >= 0.6 is 0 Å². The fourth-order valence-corrected chi connectivity index (χ4v) is 3.34. The van der Waals surface area contributed by atoms with E-state index in [2.05, 4.69) is 15.6 Å². The van der Waals surface area contributed by atoms with Gasteiger partial charge in [-0.1, -0.05) is 26.0 Å². The molecule has 172 valence electrons.